The predicted molar refractivity (Wildman–Crippen MR) is 79.3 cm³/mol. The molecule has 3 N–H and O–H groups in total. The highest BCUT2D eigenvalue weighted by molar-refractivity contribution is 7.20. The second-order valence-corrected chi connectivity index (χ2v) is 5.05. The van der Waals surface area contributed by atoms with E-state index in [0.717, 1.165) is 5.56 Å². The van der Waals surface area contributed by atoms with Crippen LogP contribution >= 0.6 is 11.3 Å². The van der Waals surface area contributed by atoms with Crippen LogP contribution in [0.4, 0.5) is 10.1 Å². The lowest BCUT2D eigenvalue weighted by Gasteiger charge is -2.01. The van der Waals surface area contributed by atoms with Crippen LogP contribution < -0.4 is 16.2 Å². The molecule has 0 atom stereocenters. The maximum absolute atomic E-state index is 11.2. The van der Waals surface area contributed by atoms with Gasteiger partial charge in [0.15, 0.2) is 0 Å². The summed E-state index contributed by atoms with van der Waals surface area (Å²) in [6.07, 6.45) is 0. The highest BCUT2D eigenvalue weighted by Crippen LogP contribution is 2.35. The molecule has 2 aromatic rings. The smallest absolute Gasteiger partial charge is 0.235 e. The van der Waals surface area contributed by atoms with E-state index in [-0.39, 0.29) is 11.8 Å². The normalized spacial score (nSPS) is 9.90. The molecule has 0 fully saturated rings. The summed E-state index contributed by atoms with van der Waals surface area (Å²) < 4.78 is 0. The first-order valence-electron chi connectivity index (χ1n) is 5.92. The fourth-order valence-electron chi connectivity index (χ4n) is 1.55. The molecule has 2 rings (SSSR count). The Balaban J connectivity index is 2.32. The molecule has 0 bridgehead atoms. The molecule has 0 radical (unpaired) electrons. The number of hydrogen-bond donors (Lipinski definition) is 3. The third-order valence-electron chi connectivity index (χ3n) is 2.31. The van der Waals surface area contributed by atoms with Gasteiger partial charge in [-0.2, -0.15) is 0 Å². The number of aromatic nitrogens is 1. The average molecular weight is 290 g/mol. The highest BCUT2D eigenvalue weighted by Gasteiger charge is 2.14. The highest BCUT2D eigenvalue weighted by atomic mass is 32.1. The maximum atomic E-state index is 11.2. The Labute approximate surface area is 120 Å². The summed E-state index contributed by atoms with van der Waals surface area (Å²) >= 11 is 1.26. The van der Waals surface area contributed by atoms with Crippen LogP contribution in [0.5, 0.6) is 0 Å². The summed E-state index contributed by atoms with van der Waals surface area (Å²) in [5.41, 5.74) is 6.72. The lowest BCUT2D eigenvalue weighted by atomic mass is 10.2. The van der Waals surface area contributed by atoms with Crippen molar-refractivity contribution in [2.24, 2.45) is 0 Å². The van der Waals surface area contributed by atoms with E-state index in [2.05, 4.69) is 21.2 Å². The number of carbonyl (C=O) groups excluding carboxylic acids is 2. The quantitative estimate of drug-likeness (QED) is 0.754. The van der Waals surface area contributed by atoms with Crippen molar-refractivity contribution in [1.82, 2.24) is 10.4 Å². The molecular formula is C13H14N4O2S. The molecule has 1 heterocycles. The zero-order valence-corrected chi connectivity index (χ0v) is 11.9. The van der Waals surface area contributed by atoms with Gasteiger partial charge in [-0.15, -0.1) is 0 Å². The number of hydrazine groups is 1. The number of hydrogen-bond acceptors (Lipinski definition) is 5. The van der Waals surface area contributed by atoms with E-state index in [1.807, 2.05) is 30.3 Å². The van der Waals surface area contributed by atoms with Gasteiger partial charge in [-0.05, 0) is 0 Å². The Morgan fingerprint density at radius 1 is 1.10 bits per heavy atom. The van der Waals surface area contributed by atoms with Gasteiger partial charge in [-0.3, -0.25) is 20.4 Å². The molecule has 1 aromatic carbocycles. The largest absolute Gasteiger partial charge is 0.316 e. The molecule has 0 unspecified atom stereocenters. The van der Waals surface area contributed by atoms with Crippen molar-refractivity contribution in [3.8, 4) is 11.3 Å². The van der Waals surface area contributed by atoms with Crippen LogP contribution in [-0.2, 0) is 9.59 Å². The van der Waals surface area contributed by atoms with Gasteiger partial charge >= 0.3 is 0 Å². The van der Waals surface area contributed by atoms with Crippen molar-refractivity contribution in [1.29, 1.82) is 0 Å². The van der Waals surface area contributed by atoms with Crippen molar-refractivity contribution in [3.63, 3.8) is 0 Å². The zero-order chi connectivity index (χ0) is 14.5. The monoisotopic (exact) mass is 290 g/mol. The molecule has 2 amide bonds. The molecule has 0 aliphatic rings. The summed E-state index contributed by atoms with van der Waals surface area (Å²) in [6, 6.07) is 9.51. The first kappa shape index (κ1) is 14.0. The van der Waals surface area contributed by atoms with E-state index in [1.165, 1.54) is 25.2 Å². The van der Waals surface area contributed by atoms with Crippen LogP contribution in [0.1, 0.15) is 13.8 Å². The van der Waals surface area contributed by atoms with Crippen LogP contribution in [0.25, 0.3) is 11.3 Å². The summed E-state index contributed by atoms with van der Waals surface area (Å²) in [7, 11) is 0. The number of anilines is 2. The minimum absolute atomic E-state index is 0.170. The Bertz CT molecular complexity index is 625. The number of nitrogens with one attached hydrogen (secondary N) is 3. The Morgan fingerprint density at radius 3 is 2.40 bits per heavy atom. The van der Waals surface area contributed by atoms with Crippen LogP contribution in [-0.4, -0.2) is 16.8 Å². The Morgan fingerprint density at radius 2 is 1.80 bits per heavy atom. The van der Waals surface area contributed by atoms with Crippen LogP contribution in [0, 0.1) is 0 Å². The van der Waals surface area contributed by atoms with Gasteiger partial charge in [0.1, 0.15) is 10.7 Å². The molecule has 0 saturated carbocycles. The average Bonchev–Trinajstić information content (AvgIpc) is 2.79. The van der Waals surface area contributed by atoms with Crippen LogP contribution in [0.15, 0.2) is 30.3 Å². The molecule has 0 saturated heterocycles. The fraction of sp³-hybridized carbons (Fsp3) is 0.154. The summed E-state index contributed by atoms with van der Waals surface area (Å²) in [4.78, 5) is 26.5. The van der Waals surface area contributed by atoms with E-state index in [1.54, 1.807) is 0 Å². The van der Waals surface area contributed by atoms with Crippen LogP contribution in [0.2, 0.25) is 0 Å². The molecule has 0 spiro atoms. The molecule has 20 heavy (non-hydrogen) atoms. The van der Waals surface area contributed by atoms with Gasteiger partial charge in [-0.25, -0.2) is 4.98 Å². The second kappa shape index (κ2) is 6.16. The van der Waals surface area contributed by atoms with Gasteiger partial charge in [0.05, 0.1) is 0 Å². The third kappa shape index (κ3) is 3.55. The molecular weight excluding hydrogens is 276 g/mol. The first-order chi connectivity index (χ1) is 9.56. The SMILES string of the molecule is CC(=O)NNc1nc(-c2ccccc2)c(NC(C)=O)s1. The van der Waals surface area contributed by atoms with E-state index in [4.69, 9.17) is 0 Å². The second-order valence-electron chi connectivity index (χ2n) is 4.05. The minimum atomic E-state index is -0.220. The third-order valence-corrected chi connectivity index (χ3v) is 3.20. The lowest BCUT2D eigenvalue weighted by molar-refractivity contribution is -0.118. The number of carbonyl (C=O) groups is 2. The number of thiazole rings is 1. The number of rotatable bonds is 4. The topological polar surface area (TPSA) is 83.1 Å². The standard InChI is InChI=1S/C13H14N4O2S/c1-8(18)14-12-11(10-6-4-3-5-7-10)15-13(20-12)17-16-9(2)19/h3-7H,1-2H3,(H,14,18)(H,15,17)(H,16,19). The van der Waals surface area contributed by atoms with Gasteiger partial charge in [0.2, 0.25) is 16.9 Å². The van der Waals surface area contributed by atoms with Gasteiger partial charge in [0, 0.05) is 19.4 Å². The van der Waals surface area contributed by atoms with Gasteiger partial charge in [-0.1, -0.05) is 41.7 Å². The molecule has 104 valence electrons. The van der Waals surface area contributed by atoms with Crippen molar-refractivity contribution in [2.45, 2.75) is 13.8 Å². The molecule has 1 aromatic heterocycles. The molecule has 0 aliphatic carbocycles. The first-order valence-corrected chi connectivity index (χ1v) is 6.74. The summed E-state index contributed by atoms with van der Waals surface area (Å²) in [5.74, 6) is -0.389. The minimum Gasteiger partial charge on any atom is -0.316 e. The van der Waals surface area contributed by atoms with Crippen molar-refractivity contribution < 1.29 is 9.59 Å². The van der Waals surface area contributed by atoms with E-state index >= 15 is 0 Å². The lowest BCUT2D eigenvalue weighted by Crippen LogP contribution is -2.26. The fourth-order valence-corrected chi connectivity index (χ4v) is 2.44. The predicted octanol–water partition coefficient (Wildman–Crippen LogP) is 2.23. The summed E-state index contributed by atoms with van der Waals surface area (Å²) in [5, 5.41) is 3.88. The maximum Gasteiger partial charge on any atom is 0.235 e. The van der Waals surface area contributed by atoms with E-state index in [9.17, 15) is 9.59 Å². The summed E-state index contributed by atoms with van der Waals surface area (Å²) in [6.45, 7) is 2.84. The van der Waals surface area contributed by atoms with Crippen molar-refractivity contribution in [3.05, 3.63) is 30.3 Å². The zero-order valence-electron chi connectivity index (χ0n) is 11.1. The van der Waals surface area contributed by atoms with Crippen LogP contribution in [0.3, 0.4) is 0 Å². The molecule has 7 heteroatoms. The number of amides is 2. The molecule has 0 aliphatic heterocycles. The van der Waals surface area contributed by atoms with E-state index < -0.39 is 0 Å². The number of benzene rings is 1. The van der Waals surface area contributed by atoms with Gasteiger partial charge in [0.25, 0.3) is 0 Å². The number of nitrogens with zero attached hydrogens (tertiary/aromatic N) is 1. The van der Waals surface area contributed by atoms with Crippen molar-refractivity contribution in [2.75, 3.05) is 10.7 Å². The Kier molecular flexibility index (Phi) is 4.31. The van der Waals surface area contributed by atoms with E-state index in [0.29, 0.717) is 15.8 Å². The molecule has 6 nitrogen and oxygen atoms in total. The van der Waals surface area contributed by atoms with Gasteiger partial charge < -0.3 is 5.32 Å². The van der Waals surface area contributed by atoms with Crippen molar-refractivity contribution >= 4 is 33.3 Å². The Hall–Kier alpha value is -2.41.